The molecule has 0 aliphatic heterocycles. The van der Waals surface area contributed by atoms with E-state index in [1.165, 1.54) is 6.33 Å². The number of nitrogens with two attached hydrogens (primary N) is 1. The van der Waals surface area contributed by atoms with E-state index in [2.05, 4.69) is 9.97 Å². The Morgan fingerprint density at radius 3 is 2.87 bits per heavy atom. The molecule has 1 aromatic rings. The first-order chi connectivity index (χ1) is 7.25. The van der Waals surface area contributed by atoms with Crippen LogP contribution in [0.3, 0.4) is 0 Å². The van der Waals surface area contributed by atoms with Gasteiger partial charge in [-0.2, -0.15) is 0 Å². The van der Waals surface area contributed by atoms with Crippen molar-refractivity contribution < 1.29 is 9.90 Å². The van der Waals surface area contributed by atoms with Crippen molar-refractivity contribution >= 4 is 5.97 Å². The first kappa shape index (κ1) is 11.7. The number of nitrogens with zero attached hydrogens (tertiary/aromatic N) is 1. The van der Waals surface area contributed by atoms with Crippen LogP contribution in [0.5, 0.6) is 0 Å². The number of rotatable bonds is 7. The maximum Gasteiger partial charge on any atom is 0.312 e. The minimum atomic E-state index is -0.810. The Morgan fingerprint density at radius 2 is 2.33 bits per heavy atom. The molecule has 0 fully saturated rings. The van der Waals surface area contributed by atoms with Crippen molar-refractivity contribution in [3.05, 3.63) is 18.2 Å². The predicted octanol–water partition coefficient (Wildman–Crippen LogP) is 1.10. The molecule has 0 aliphatic carbocycles. The van der Waals surface area contributed by atoms with Gasteiger partial charge in [0.2, 0.25) is 0 Å². The lowest BCUT2D eigenvalue weighted by molar-refractivity contribution is -0.139. The van der Waals surface area contributed by atoms with Gasteiger partial charge >= 0.3 is 5.97 Å². The lowest BCUT2D eigenvalue weighted by Crippen LogP contribution is -2.12. The molecule has 0 aromatic carbocycles. The first-order valence-corrected chi connectivity index (χ1v) is 5.17. The molecule has 1 heterocycles. The molecule has 1 rings (SSSR count). The summed E-state index contributed by atoms with van der Waals surface area (Å²) in [5.74, 6) is -1.30. The van der Waals surface area contributed by atoms with Gasteiger partial charge in [0.15, 0.2) is 0 Å². The largest absolute Gasteiger partial charge is 0.481 e. The van der Waals surface area contributed by atoms with Crippen LogP contribution in [0, 0.1) is 0 Å². The highest BCUT2D eigenvalue weighted by Gasteiger charge is 2.20. The standard InChI is InChI=1S/C10H17N3O2/c11-5-3-1-2-4-8(10(14)15)9-6-12-7-13-9/h6-8H,1-5,11H2,(H,12,13)(H,14,15). The second-order valence-electron chi connectivity index (χ2n) is 3.52. The van der Waals surface area contributed by atoms with Crippen LogP contribution in [0.25, 0.3) is 0 Å². The van der Waals surface area contributed by atoms with E-state index in [-0.39, 0.29) is 0 Å². The van der Waals surface area contributed by atoms with Gasteiger partial charge in [-0.05, 0) is 19.4 Å². The fourth-order valence-electron chi connectivity index (χ4n) is 1.53. The summed E-state index contributed by atoms with van der Waals surface area (Å²) in [6.45, 7) is 0.667. The number of unbranched alkanes of at least 4 members (excludes halogenated alkanes) is 2. The van der Waals surface area contributed by atoms with Gasteiger partial charge < -0.3 is 15.8 Å². The zero-order chi connectivity index (χ0) is 11.1. The molecule has 0 aliphatic rings. The highest BCUT2D eigenvalue weighted by atomic mass is 16.4. The second kappa shape index (κ2) is 6.19. The molecule has 0 radical (unpaired) electrons. The summed E-state index contributed by atoms with van der Waals surface area (Å²) in [6, 6.07) is 0. The van der Waals surface area contributed by atoms with Gasteiger partial charge in [0.05, 0.1) is 12.0 Å². The van der Waals surface area contributed by atoms with E-state index in [9.17, 15) is 4.79 Å². The zero-order valence-electron chi connectivity index (χ0n) is 8.65. The molecule has 0 saturated carbocycles. The SMILES string of the molecule is NCCCCCC(C(=O)O)c1c[nH]cn1. The van der Waals surface area contributed by atoms with Gasteiger partial charge in [0, 0.05) is 6.20 Å². The third-order valence-corrected chi connectivity index (χ3v) is 2.37. The van der Waals surface area contributed by atoms with Crippen LogP contribution in [0.2, 0.25) is 0 Å². The Bertz CT molecular complexity index is 285. The van der Waals surface area contributed by atoms with Gasteiger partial charge in [0.1, 0.15) is 5.92 Å². The highest BCUT2D eigenvalue weighted by molar-refractivity contribution is 5.75. The maximum absolute atomic E-state index is 11.0. The lowest BCUT2D eigenvalue weighted by atomic mass is 9.98. The topological polar surface area (TPSA) is 92.0 Å². The summed E-state index contributed by atoms with van der Waals surface area (Å²) >= 11 is 0. The smallest absolute Gasteiger partial charge is 0.312 e. The molecular formula is C10H17N3O2. The number of carboxylic acid groups (broad SMARTS) is 1. The average molecular weight is 211 g/mol. The van der Waals surface area contributed by atoms with Gasteiger partial charge in [-0.15, -0.1) is 0 Å². The number of hydrogen-bond donors (Lipinski definition) is 3. The normalized spacial score (nSPS) is 12.6. The van der Waals surface area contributed by atoms with Crippen molar-refractivity contribution in [1.82, 2.24) is 9.97 Å². The van der Waals surface area contributed by atoms with Crippen LogP contribution in [0.4, 0.5) is 0 Å². The number of aromatic amines is 1. The fourth-order valence-corrected chi connectivity index (χ4v) is 1.53. The van der Waals surface area contributed by atoms with E-state index in [0.29, 0.717) is 18.7 Å². The van der Waals surface area contributed by atoms with Crippen LogP contribution in [0.1, 0.15) is 37.3 Å². The summed E-state index contributed by atoms with van der Waals surface area (Å²) in [7, 11) is 0. The molecule has 0 spiro atoms. The van der Waals surface area contributed by atoms with Crippen molar-refractivity contribution in [1.29, 1.82) is 0 Å². The third kappa shape index (κ3) is 3.71. The molecule has 0 saturated heterocycles. The summed E-state index contributed by atoms with van der Waals surface area (Å²) in [4.78, 5) is 17.7. The maximum atomic E-state index is 11.0. The minimum absolute atomic E-state index is 0.492. The first-order valence-electron chi connectivity index (χ1n) is 5.17. The Balaban J connectivity index is 2.42. The number of imidazole rings is 1. The predicted molar refractivity (Wildman–Crippen MR) is 56.5 cm³/mol. The summed E-state index contributed by atoms with van der Waals surface area (Å²) in [6.07, 6.45) is 6.58. The Morgan fingerprint density at radius 1 is 1.53 bits per heavy atom. The molecule has 4 N–H and O–H groups in total. The Labute approximate surface area is 88.7 Å². The number of carbonyl (C=O) groups is 1. The number of aliphatic carboxylic acids is 1. The van der Waals surface area contributed by atoms with E-state index >= 15 is 0 Å². The van der Waals surface area contributed by atoms with Gasteiger partial charge in [-0.3, -0.25) is 4.79 Å². The summed E-state index contributed by atoms with van der Waals surface area (Å²) in [5, 5.41) is 9.02. The number of H-pyrrole nitrogens is 1. The molecule has 1 atom stereocenters. The molecule has 1 unspecified atom stereocenters. The average Bonchev–Trinajstić information content (AvgIpc) is 2.70. The molecule has 15 heavy (non-hydrogen) atoms. The Hall–Kier alpha value is -1.36. The van der Waals surface area contributed by atoms with Crippen molar-refractivity contribution in [2.24, 2.45) is 5.73 Å². The van der Waals surface area contributed by atoms with Crippen LogP contribution in [0.15, 0.2) is 12.5 Å². The van der Waals surface area contributed by atoms with Crippen molar-refractivity contribution in [3.63, 3.8) is 0 Å². The minimum Gasteiger partial charge on any atom is -0.481 e. The molecule has 1 aromatic heterocycles. The zero-order valence-corrected chi connectivity index (χ0v) is 8.65. The van der Waals surface area contributed by atoms with Crippen LogP contribution in [-0.4, -0.2) is 27.6 Å². The molecule has 0 amide bonds. The number of nitrogens with one attached hydrogen (secondary N) is 1. The lowest BCUT2D eigenvalue weighted by Gasteiger charge is -2.08. The second-order valence-corrected chi connectivity index (χ2v) is 3.52. The Kier molecular flexibility index (Phi) is 4.83. The molecule has 84 valence electrons. The van der Waals surface area contributed by atoms with Crippen LogP contribution < -0.4 is 5.73 Å². The van der Waals surface area contributed by atoms with E-state index in [0.717, 1.165) is 19.3 Å². The monoisotopic (exact) mass is 211 g/mol. The quantitative estimate of drug-likeness (QED) is 0.589. The van der Waals surface area contributed by atoms with Crippen LogP contribution in [-0.2, 0) is 4.79 Å². The van der Waals surface area contributed by atoms with Crippen molar-refractivity contribution in [3.8, 4) is 0 Å². The number of hydrogen-bond acceptors (Lipinski definition) is 3. The van der Waals surface area contributed by atoms with Crippen molar-refractivity contribution in [2.45, 2.75) is 31.6 Å². The van der Waals surface area contributed by atoms with Gasteiger partial charge in [-0.1, -0.05) is 12.8 Å². The van der Waals surface area contributed by atoms with Gasteiger partial charge in [-0.25, -0.2) is 4.98 Å². The fraction of sp³-hybridized carbons (Fsp3) is 0.600. The third-order valence-electron chi connectivity index (χ3n) is 2.37. The highest BCUT2D eigenvalue weighted by Crippen LogP contribution is 2.20. The van der Waals surface area contributed by atoms with Crippen molar-refractivity contribution in [2.75, 3.05) is 6.54 Å². The van der Waals surface area contributed by atoms with E-state index in [1.807, 2.05) is 0 Å². The van der Waals surface area contributed by atoms with E-state index in [4.69, 9.17) is 10.8 Å². The summed E-state index contributed by atoms with van der Waals surface area (Å²) < 4.78 is 0. The number of carboxylic acids is 1. The molecular weight excluding hydrogens is 194 g/mol. The van der Waals surface area contributed by atoms with E-state index in [1.54, 1.807) is 6.20 Å². The van der Waals surface area contributed by atoms with E-state index < -0.39 is 11.9 Å². The molecule has 5 heteroatoms. The number of aromatic nitrogens is 2. The van der Waals surface area contributed by atoms with Gasteiger partial charge in [0.25, 0.3) is 0 Å². The molecule has 0 bridgehead atoms. The summed E-state index contributed by atoms with van der Waals surface area (Å²) in [5.41, 5.74) is 5.97. The van der Waals surface area contributed by atoms with Crippen LogP contribution >= 0.6 is 0 Å². The molecule has 5 nitrogen and oxygen atoms in total.